The van der Waals surface area contributed by atoms with Crippen LogP contribution in [0.25, 0.3) is 0 Å². The number of hydrogen-bond acceptors (Lipinski definition) is 5. The van der Waals surface area contributed by atoms with Gasteiger partial charge in [-0.2, -0.15) is 0 Å². The summed E-state index contributed by atoms with van der Waals surface area (Å²) in [6, 6.07) is 4.59. The molecule has 0 aromatic carbocycles. The first-order valence-corrected chi connectivity index (χ1v) is 9.80. The van der Waals surface area contributed by atoms with Gasteiger partial charge in [0, 0.05) is 26.2 Å². The highest BCUT2D eigenvalue weighted by atomic mass is 32.1. The first-order chi connectivity index (χ1) is 13.0. The van der Waals surface area contributed by atoms with Crippen LogP contribution < -0.4 is 5.32 Å². The minimum absolute atomic E-state index is 0.0352. The van der Waals surface area contributed by atoms with Crippen molar-refractivity contribution in [2.75, 3.05) is 26.2 Å². The van der Waals surface area contributed by atoms with Gasteiger partial charge >= 0.3 is 0 Å². The lowest BCUT2D eigenvalue weighted by atomic mass is 10.0. The minimum atomic E-state index is -0.587. The molecule has 1 unspecified atom stereocenters. The maximum absolute atomic E-state index is 12.9. The predicted molar refractivity (Wildman–Crippen MR) is 102 cm³/mol. The number of furan rings is 1. The molecule has 0 aliphatic carbocycles. The van der Waals surface area contributed by atoms with E-state index >= 15 is 0 Å². The summed E-state index contributed by atoms with van der Waals surface area (Å²) in [7, 11) is 0. The van der Waals surface area contributed by atoms with Crippen LogP contribution in [0, 0.1) is 5.92 Å². The molecule has 0 radical (unpaired) electrons. The van der Waals surface area contributed by atoms with Crippen molar-refractivity contribution in [3.63, 3.8) is 0 Å². The second-order valence-electron chi connectivity index (χ2n) is 6.80. The molecular weight excluding hydrogens is 366 g/mol. The van der Waals surface area contributed by atoms with Gasteiger partial charge in [-0.05, 0) is 23.4 Å². The number of rotatable bonds is 5. The van der Waals surface area contributed by atoms with Gasteiger partial charge in [0.15, 0.2) is 0 Å². The Kier molecular flexibility index (Phi) is 5.95. The molecule has 1 aliphatic heterocycles. The Morgan fingerprint density at radius 2 is 1.81 bits per heavy atom. The number of hydrogen-bond donors (Lipinski definition) is 1. The van der Waals surface area contributed by atoms with Gasteiger partial charge in [-0.25, -0.2) is 0 Å². The Labute approximate surface area is 161 Å². The largest absolute Gasteiger partial charge is 0.472 e. The van der Waals surface area contributed by atoms with E-state index < -0.39 is 6.04 Å². The number of amides is 3. The van der Waals surface area contributed by atoms with Gasteiger partial charge in [0.05, 0.1) is 16.7 Å². The third-order valence-electron chi connectivity index (χ3n) is 4.61. The van der Waals surface area contributed by atoms with E-state index in [2.05, 4.69) is 5.32 Å². The first kappa shape index (κ1) is 19.2. The van der Waals surface area contributed by atoms with Crippen LogP contribution >= 0.6 is 11.3 Å². The van der Waals surface area contributed by atoms with Gasteiger partial charge < -0.3 is 19.5 Å². The van der Waals surface area contributed by atoms with E-state index in [4.69, 9.17) is 4.42 Å². The number of carbonyl (C=O) groups excluding carboxylic acids is 3. The Hall–Kier alpha value is -2.61. The number of nitrogens with zero attached hydrogens (tertiary/aromatic N) is 2. The first-order valence-electron chi connectivity index (χ1n) is 8.92. The Balaban J connectivity index is 1.59. The van der Waals surface area contributed by atoms with Crippen LogP contribution in [0.5, 0.6) is 0 Å². The molecule has 7 nitrogen and oxygen atoms in total. The SMILES string of the molecule is CC(C)C(NC(=O)c1cccs1)C(=O)N1CCN(C(=O)c2ccoc2)CC1. The van der Waals surface area contributed by atoms with Gasteiger partial charge in [-0.3, -0.25) is 14.4 Å². The fourth-order valence-electron chi connectivity index (χ4n) is 3.03. The topological polar surface area (TPSA) is 82.9 Å². The molecule has 2 aromatic rings. The zero-order valence-electron chi connectivity index (χ0n) is 15.4. The maximum atomic E-state index is 12.9. The lowest BCUT2D eigenvalue weighted by Gasteiger charge is -2.37. The van der Waals surface area contributed by atoms with Gasteiger partial charge in [-0.15, -0.1) is 11.3 Å². The van der Waals surface area contributed by atoms with Gasteiger partial charge in [0.1, 0.15) is 12.3 Å². The normalized spacial score (nSPS) is 15.7. The highest BCUT2D eigenvalue weighted by Crippen LogP contribution is 2.14. The molecule has 3 rings (SSSR count). The summed E-state index contributed by atoms with van der Waals surface area (Å²) in [6.45, 7) is 5.63. The fraction of sp³-hybridized carbons (Fsp3) is 0.421. The molecule has 1 fully saturated rings. The Bertz CT molecular complexity index is 778. The van der Waals surface area contributed by atoms with Crippen LogP contribution in [0.1, 0.15) is 33.9 Å². The highest BCUT2D eigenvalue weighted by Gasteiger charge is 2.32. The van der Waals surface area contributed by atoms with Crippen LogP contribution in [0.2, 0.25) is 0 Å². The number of nitrogens with one attached hydrogen (secondary N) is 1. The second-order valence-corrected chi connectivity index (χ2v) is 7.75. The Morgan fingerprint density at radius 1 is 1.11 bits per heavy atom. The average molecular weight is 389 g/mol. The van der Waals surface area contributed by atoms with E-state index in [0.717, 1.165) is 0 Å². The zero-order valence-corrected chi connectivity index (χ0v) is 16.2. The summed E-state index contributed by atoms with van der Waals surface area (Å²) in [5.41, 5.74) is 0.512. The summed E-state index contributed by atoms with van der Waals surface area (Å²) in [5.74, 6) is -0.467. The fourth-order valence-corrected chi connectivity index (χ4v) is 3.66. The molecule has 1 aliphatic rings. The van der Waals surface area contributed by atoms with E-state index in [-0.39, 0.29) is 23.6 Å². The summed E-state index contributed by atoms with van der Waals surface area (Å²) in [5, 5.41) is 4.69. The van der Waals surface area contributed by atoms with Crippen molar-refractivity contribution in [1.82, 2.24) is 15.1 Å². The van der Waals surface area contributed by atoms with E-state index in [1.807, 2.05) is 25.3 Å². The average Bonchev–Trinajstić information content (AvgIpc) is 3.38. The van der Waals surface area contributed by atoms with Crippen LogP contribution in [-0.4, -0.2) is 59.7 Å². The van der Waals surface area contributed by atoms with Crippen molar-refractivity contribution in [2.45, 2.75) is 19.9 Å². The monoisotopic (exact) mass is 389 g/mol. The van der Waals surface area contributed by atoms with Crippen LogP contribution in [0.15, 0.2) is 40.5 Å². The summed E-state index contributed by atoms with van der Waals surface area (Å²) >= 11 is 1.35. The van der Waals surface area contributed by atoms with E-state index in [0.29, 0.717) is 36.6 Å². The van der Waals surface area contributed by atoms with Gasteiger partial charge in [0.2, 0.25) is 5.91 Å². The van der Waals surface area contributed by atoms with Gasteiger partial charge in [0.25, 0.3) is 11.8 Å². The minimum Gasteiger partial charge on any atom is -0.472 e. The van der Waals surface area contributed by atoms with Crippen LogP contribution in [0.4, 0.5) is 0 Å². The standard InChI is InChI=1S/C19H23N3O4S/c1-13(2)16(20-17(23)15-4-3-11-27-15)19(25)22-8-6-21(7-9-22)18(24)14-5-10-26-12-14/h3-5,10-13,16H,6-9H2,1-2H3,(H,20,23). The Morgan fingerprint density at radius 3 is 2.37 bits per heavy atom. The maximum Gasteiger partial charge on any atom is 0.262 e. The van der Waals surface area contributed by atoms with Crippen LogP contribution in [0.3, 0.4) is 0 Å². The number of piperazine rings is 1. The molecule has 8 heteroatoms. The molecule has 144 valence electrons. The molecule has 2 aromatic heterocycles. The zero-order chi connectivity index (χ0) is 19.4. The van der Waals surface area contributed by atoms with Crippen molar-refractivity contribution < 1.29 is 18.8 Å². The smallest absolute Gasteiger partial charge is 0.262 e. The summed E-state index contributed by atoms with van der Waals surface area (Å²) in [4.78, 5) is 41.7. The third kappa shape index (κ3) is 4.39. The second kappa shape index (κ2) is 8.39. The van der Waals surface area contributed by atoms with Crippen molar-refractivity contribution in [2.24, 2.45) is 5.92 Å². The molecular formula is C19H23N3O4S. The summed E-state index contributed by atoms with van der Waals surface area (Å²) in [6.07, 6.45) is 2.89. The highest BCUT2D eigenvalue weighted by molar-refractivity contribution is 7.12. The van der Waals surface area contributed by atoms with Crippen LogP contribution in [-0.2, 0) is 4.79 Å². The lowest BCUT2D eigenvalue weighted by Crippen LogP contribution is -2.57. The van der Waals surface area contributed by atoms with E-state index in [9.17, 15) is 14.4 Å². The molecule has 1 atom stereocenters. The number of carbonyl (C=O) groups is 3. The molecule has 27 heavy (non-hydrogen) atoms. The van der Waals surface area contributed by atoms with Crippen molar-refractivity contribution in [1.29, 1.82) is 0 Å². The third-order valence-corrected chi connectivity index (χ3v) is 5.48. The van der Waals surface area contributed by atoms with Crippen molar-refractivity contribution in [3.8, 4) is 0 Å². The molecule has 1 saturated heterocycles. The van der Waals surface area contributed by atoms with E-state index in [1.165, 1.54) is 23.9 Å². The quantitative estimate of drug-likeness (QED) is 0.849. The van der Waals surface area contributed by atoms with E-state index in [1.54, 1.807) is 21.9 Å². The molecule has 3 heterocycles. The molecule has 1 N–H and O–H groups in total. The predicted octanol–water partition coefficient (Wildman–Crippen LogP) is 2.08. The lowest BCUT2D eigenvalue weighted by molar-refractivity contribution is -0.135. The molecule has 0 bridgehead atoms. The van der Waals surface area contributed by atoms with Crippen molar-refractivity contribution in [3.05, 3.63) is 46.5 Å². The summed E-state index contributed by atoms with van der Waals surface area (Å²) < 4.78 is 4.96. The number of thiophene rings is 1. The van der Waals surface area contributed by atoms with Gasteiger partial charge in [-0.1, -0.05) is 19.9 Å². The molecule has 0 spiro atoms. The van der Waals surface area contributed by atoms with Crippen molar-refractivity contribution >= 4 is 29.1 Å². The molecule has 0 saturated carbocycles. The molecule has 3 amide bonds.